The van der Waals surface area contributed by atoms with Gasteiger partial charge < -0.3 is 5.32 Å². The Bertz CT molecular complexity index is 573. The number of pyridine rings is 1. The van der Waals surface area contributed by atoms with E-state index in [0.717, 1.165) is 5.56 Å². The molecule has 0 saturated heterocycles. The molecule has 0 fully saturated rings. The van der Waals surface area contributed by atoms with E-state index in [1.807, 2.05) is 6.07 Å². The van der Waals surface area contributed by atoms with Gasteiger partial charge in [0.05, 0.1) is 11.9 Å². The van der Waals surface area contributed by atoms with Gasteiger partial charge in [0.15, 0.2) is 0 Å². The number of carbonyl (C=O) groups excluding carboxylic acids is 1. The Balaban J connectivity index is 1.90. The van der Waals surface area contributed by atoms with Gasteiger partial charge in [-0.3, -0.25) is 9.78 Å². The van der Waals surface area contributed by atoms with Crippen molar-refractivity contribution in [3.8, 4) is 0 Å². The molecule has 0 spiro atoms. The second kappa shape index (κ2) is 6.55. The molecule has 0 aliphatic rings. The molecule has 0 saturated carbocycles. The Morgan fingerprint density at radius 3 is 2.79 bits per heavy atom. The van der Waals surface area contributed by atoms with Crippen LogP contribution in [0.1, 0.15) is 12.0 Å². The molecule has 19 heavy (non-hydrogen) atoms. The summed E-state index contributed by atoms with van der Waals surface area (Å²) >= 11 is 11.9. The number of nitrogens with one attached hydrogen (secondary N) is 1. The smallest absolute Gasteiger partial charge is 0.224 e. The lowest BCUT2D eigenvalue weighted by Gasteiger charge is -2.06. The fourth-order valence-electron chi connectivity index (χ4n) is 1.63. The van der Waals surface area contributed by atoms with Gasteiger partial charge in [-0.25, -0.2) is 0 Å². The zero-order chi connectivity index (χ0) is 13.7. The summed E-state index contributed by atoms with van der Waals surface area (Å²) in [5, 5.41) is 3.95. The molecule has 2 aromatic rings. The molecule has 0 aliphatic heterocycles. The van der Waals surface area contributed by atoms with E-state index >= 15 is 0 Å². The lowest BCUT2D eigenvalue weighted by Crippen LogP contribution is -2.12. The van der Waals surface area contributed by atoms with E-state index in [2.05, 4.69) is 10.3 Å². The minimum atomic E-state index is -0.0704. The van der Waals surface area contributed by atoms with Gasteiger partial charge >= 0.3 is 0 Å². The van der Waals surface area contributed by atoms with E-state index in [1.165, 1.54) is 0 Å². The normalized spacial score (nSPS) is 10.2. The van der Waals surface area contributed by atoms with Crippen LogP contribution in [0, 0.1) is 0 Å². The number of amides is 1. The molecular formula is C14H12Cl2N2O. The third-order valence-corrected chi connectivity index (χ3v) is 3.17. The topological polar surface area (TPSA) is 42.0 Å². The minimum absolute atomic E-state index is 0.0704. The molecule has 1 N–H and O–H groups in total. The van der Waals surface area contributed by atoms with Crippen LogP contribution in [0.5, 0.6) is 0 Å². The Morgan fingerprint density at radius 2 is 2.11 bits per heavy atom. The van der Waals surface area contributed by atoms with Crippen molar-refractivity contribution in [1.29, 1.82) is 0 Å². The Kier molecular flexibility index (Phi) is 4.77. The van der Waals surface area contributed by atoms with Crippen LogP contribution in [0.3, 0.4) is 0 Å². The Hall–Kier alpha value is -1.58. The van der Waals surface area contributed by atoms with Gasteiger partial charge in [-0.2, -0.15) is 0 Å². The van der Waals surface area contributed by atoms with E-state index in [0.29, 0.717) is 28.6 Å². The Labute approximate surface area is 121 Å². The number of rotatable bonds is 4. The molecule has 0 unspecified atom stereocenters. The van der Waals surface area contributed by atoms with Crippen LogP contribution in [-0.2, 0) is 11.2 Å². The highest BCUT2D eigenvalue weighted by atomic mass is 35.5. The number of benzene rings is 1. The highest BCUT2D eigenvalue weighted by molar-refractivity contribution is 6.35. The summed E-state index contributed by atoms with van der Waals surface area (Å²) in [6, 6.07) is 8.84. The number of hydrogen-bond donors (Lipinski definition) is 1. The average Bonchev–Trinajstić information content (AvgIpc) is 2.39. The van der Waals surface area contributed by atoms with Crippen LogP contribution in [0.4, 0.5) is 5.69 Å². The summed E-state index contributed by atoms with van der Waals surface area (Å²) in [4.78, 5) is 15.7. The van der Waals surface area contributed by atoms with E-state index < -0.39 is 0 Å². The van der Waals surface area contributed by atoms with Crippen LogP contribution in [-0.4, -0.2) is 10.9 Å². The number of hydrogen-bond acceptors (Lipinski definition) is 2. The first-order chi connectivity index (χ1) is 9.15. The molecule has 3 nitrogen and oxygen atoms in total. The third-order valence-electron chi connectivity index (χ3n) is 2.58. The second-order valence-electron chi connectivity index (χ2n) is 4.03. The van der Waals surface area contributed by atoms with E-state index in [9.17, 15) is 4.79 Å². The SMILES string of the molecule is O=C(CCc1ccc(Cl)cc1Cl)Nc1cccnc1. The number of carbonyl (C=O) groups is 1. The van der Waals surface area contributed by atoms with Crippen LogP contribution < -0.4 is 5.32 Å². The first kappa shape index (κ1) is 13.8. The third kappa shape index (κ3) is 4.23. The lowest BCUT2D eigenvalue weighted by atomic mass is 10.1. The second-order valence-corrected chi connectivity index (χ2v) is 4.87. The van der Waals surface area contributed by atoms with Crippen molar-refractivity contribution < 1.29 is 4.79 Å². The van der Waals surface area contributed by atoms with Crippen LogP contribution in [0.2, 0.25) is 10.0 Å². The van der Waals surface area contributed by atoms with Crippen LogP contribution >= 0.6 is 23.2 Å². The maximum absolute atomic E-state index is 11.8. The van der Waals surface area contributed by atoms with Gasteiger partial charge in [0.25, 0.3) is 0 Å². The van der Waals surface area contributed by atoms with Crippen molar-refractivity contribution in [3.05, 3.63) is 58.3 Å². The Morgan fingerprint density at radius 1 is 1.26 bits per heavy atom. The monoisotopic (exact) mass is 294 g/mol. The lowest BCUT2D eigenvalue weighted by molar-refractivity contribution is -0.116. The van der Waals surface area contributed by atoms with Crippen molar-refractivity contribution in [3.63, 3.8) is 0 Å². The predicted octanol–water partition coefficient (Wildman–Crippen LogP) is 3.96. The number of halogens is 2. The molecule has 0 radical (unpaired) electrons. The highest BCUT2D eigenvalue weighted by Crippen LogP contribution is 2.22. The van der Waals surface area contributed by atoms with E-state index in [4.69, 9.17) is 23.2 Å². The molecule has 98 valence electrons. The summed E-state index contributed by atoms with van der Waals surface area (Å²) in [7, 11) is 0. The van der Waals surface area contributed by atoms with Crippen LogP contribution in [0.15, 0.2) is 42.7 Å². The van der Waals surface area contributed by atoms with Crippen molar-refractivity contribution in [2.45, 2.75) is 12.8 Å². The summed E-state index contributed by atoms with van der Waals surface area (Å²) in [5.74, 6) is -0.0704. The number of aromatic nitrogens is 1. The van der Waals surface area contributed by atoms with Gasteiger partial charge in [0.2, 0.25) is 5.91 Å². The summed E-state index contributed by atoms with van der Waals surface area (Å²) in [6.07, 6.45) is 4.19. The van der Waals surface area contributed by atoms with Crippen molar-refractivity contribution in [2.24, 2.45) is 0 Å². The minimum Gasteiger partial charge on any atom is -0.325 e. The van der Waals surface area contributed by atoms with E-state index in [-0.39, 0.29) is 5.91 Å². The number of aryl methyl sites for hydroxylation is 1. The zero-order valence-corrected chi connectivity index (χ0v) is 11.6. The fourth-order valence-corrected chi connectivity index (χ4v) is 2.14. The fraction of sp³-hybridized carbons (Fsp3) is 0.143. The molecule has 0 bridgehead atoms. The highest BCUT2D eigenvalue weighted by Gasteiger charge is 2.06. The average molecular weight is 295 g/mol. The predicted molar refractivity (Wildman–Crippen MR) is 77.6 cm³/mol. The molecule has 1 amide bonds. The summed E-state index contributed by atoms with van der Waals surface area (Å²) in [6.45, 7) is 0. The first-order valence-corrected chi connectivity index (χ1v) is 6.54. The molecule has 1 aromatic carbocycles. The number of nitrogens with zero attached hydrogens (tertiary/aromatic N) is 1. The standard InChI is InChI=1S/C14H12Cl2N2O/c15-11-5-3-10(13(16)8-11)4-6-14(19)18-12-2-1-7-17-9-12/h1-3,5,7-9H,4,6H2,(H,18,19). The van der Waals surface area contributed by atoms with E-state index in [1.54, 1.807) is 36.7 Å². The van der Waals surface area contributed by atoms with Gasteiger partial charge in [-0.05, 0) is 36.2 Å². The maximum atomic E-state index is 11.8. The molecule has 5 heteroatoms. The molecule has 0 aliphatic carbocycles. The molecule has 1 aromatic heterocycles. The van der Waals surface area contributed by atoms with Gasteiger partial charge in [0, 0.05) is 22.7 Å². The van der Waals surface area contributed by atoms with Crippen molar-refractivity contribution >= 4 is 34.8 Å². The molecule has 0 atom stereocenters. The largest absolute Gasteiger partial charge is 0.325 e. The van der Waals surface area contributed by atoms with Crippen molar-refractivity contribution in [1.82, 2.24) is 4.98 Å². The van der Waals surface area contributed by atoms with Gasteiger partial charge in [0.1, 0.15) is 0 Å². The quantitative estimate of drug-likeness (QED) is 0.927. The molecule has 2 rings (SSSR count). The zero-order valence-electron chi connectivity index (χ0n) is 10.1. The van der Waals surface area contributed by atoms with Gasteiger partial charge in [-0.1, -0.05) is 29.3 Å². The molecule has 1 heterocycles. The maximum Gasteiger partial charge on any atom is 0.224 e. The number of anilines is 1. The van der Waals surface area contributed by atoms with Crippen LogP contribution in [0.25, 0.3) is 0 Å². The first-order valence-electron chi connectivity index (χ1n) is 5.79. The van der Waals surface area contributed by atoms with Crippen molar-refractivity contribution in [2.75, 3.05) is 5.32 Å². The summed E-state index contributed by atoms with van der Waals surface area (Å²) in [5.41, 5.74) is 1.60. The summed E-state index contributed by atoms with van der Waals surface area (Å²) < 4.78 is 0. The molecular weight excluding hydrogens is 283 g/mol. The van der Waals surface area contributed by atoms with Gasteiger partial charge in [-0.15, -0.1) is 0 Å².